The van der Waals surface area contributed by atoms with Crippen molar-refractivity contribution in [3.05, 3.63) is 54.6 Å². The summed E-state index contributed by atoms with van der Waals surface area (Å²) in [5.41, 5.74) is 1.16. The number of rotatable bonds is 2. The first-order valence-electron chi connectivity index (χ1n) is 4.93. The molecule has 0 amide bonds. The maximum Gasteiger partial charge on any atom is 0.509 e. The van der Waals surface area contributed by atoms with Crippen LogP contribution >= 0.6 is 0 Å². The van der Waals surface area contributed by atoms with Crippen molar-refractivity contribution in [3.8, 4) is 11.1 Å². The van der Waals surface area contributed by atoms with Crippen LogP contribution in [0, 0.1) is 0 Å². The molecule has 4 heteroatoms. The predicted molar refractivity (Wildman–Crippen MR) is 60.6 cm³/mol. The van der Waals surface area contributed by atoms with Gasteiger partial charge in [0.2, 0.25) is 0 Å². The molecule has 0 radical (unpaired) electrons. The smallest absolute Gasteiger partial charge is 0.445 e. The van der Waals surface area contributed by atoms with Gasteiger partial charge in [-0.1, -0.05) is 54.6 Å². The molecule has 0 spiro atoms. The van der Waals surface area contributed by atoms with Crippen molar-refractivity contribution in [2.45, 2.75) is 0 Å². The van der Waals surface area contributed by atoms with Crippen molar-refractivity contribution in [1.29, 1.82) is 0 Å². The van der Waals surface area contributed by atoms with Gasteiger partial charge in [-0.25, -0.2) is 0 Å². The van der Waals surface area contributed by atoms with Gasteiger partial charge >= 0.3 is 6.98 Å². The summed E-state index contributed by atoms with van der Waals surface area (Å²) >= 11 is 0. The van der Waals surface area contributed by atoms with Crippen LogP contribution in [0.15, 0.2) is 54.6 Å². The lowest BCUT2D eigenvalue weighted by atomic mass is 9.79. The first-order chi connectivity index (χ1) is 7.57. The topological polar surface area (TPSA) is 0 Å². The molecule has 0 aliphatic rings. The van der Waals surface area contributed by atoms with E-state index in [1.807, 2.05) is 30.3 Å². The molecule has 0 atom stereocenters. The average molecular weight is 221 g/mol. The highest BCUT2D eigenvalue weighted by atomic mass is 19.4. The molecule has 0 saturated carbocycles. The summed E-state index contributed by atoms with van der Waals surface area (Å²) in [6.45, 7) is -4.89. The van der Waals surface area contributed by atoms with E-state index in [1.54, 1.807) is 0 Å². The number of hydrogen-bond acceptors (Lipinski definition) is 0. The summed E-state index contributed by atoms with van der Waals surface area (Å²) < 4.78 is 37.2. The van der Waals surface area contributed by atoms with Crippen molar-refractivity contribution in [2.24, 2.45) is 0 Å². The minimum absolute atomic E-state index is 0.556. The molecule has 0 bridgehead atoms. The average Bonchev–Trinajstić information content (AvgIpc) is 2.29. The maximum absolute atomic E-state index is 12.4. The van der Waals surface area contributed by atoms with E-state index in [0.717, 1.165) is 23.3 Å². The minimum Gasteiger partial charge on any atom is -0.445 e. The molecule has 2 aromatic rings. The van der Waals surface area contributed by atoms with E-state index in [0.29, 0.717) is 0 Å². The Bertz CT molecular complexity index is 460. The second kappa shape index (κ2) is 4.04. The van der Waals surface area contributed by atoms with E-state index in [9.17, 15) is 12.9 Å². The van der Waals surface area contributed by atoms with E-state index in [1.165, 1.54) is 12.1 Å². The lowest BCUT2D eigenvalue weighted by Crippen LogP contribution is -2.33. The molecular formula is C12H9BF3-. The van der Waals surface area contributed by atoms with E-state index < -0.39 is 12.4 Å². The monoisotopic (exact) mass is 221 g/mol. The van der Waals surface area contributed by atoms with Gasteiger partial charge in [0.15, 0.2) is 0 Å². The highest BCUT2D eigenvalue weighted by molar-refractivity contribution is 6.73. The predicted octanol–water partition coefficient (Wildman–Crippen LogP) is 3.41. The Labute approximate surface area is 91.8 Å². The zero-order valence-electron chi connectivity index (χ0n) is 8.41. The van der Waals surface area contributed by atoms with Gasteiger partial charge in [0, 0.05) is 0 Å². The molecule has 0 N–H and O–H groups in total. The van der Waals surface area contributed by atoms with Crippen LogP contribution in [-0.4, -0.2) is 6.98 Å². The largest absolute Gasteiger partial charge is 0.509 e. The van der Waals surface area contributed by atoms with Crippen LogP contribution in [0.4, 0.5) is 12.9 Å². The van der Waals surface area contributed by atoms with Crippen LogP contribution in [0.25, 0.3) is 11.1 Å². The summed E-state index contributed by atoms with van der Waals surface area (Å²) in [4.78, 5) is 0. The van der Waals surface area contributed by atoms with Crippen molar-refractivity contribution in [3.63, 3.8) is 0 Å². The van der Waals surface area contributed by atoms with Crippen LogP contribution in [-0.2, 0) is 0 Å². The Morgan fingerprint density at radius 1 is 0.625 bits per heavy atom. The molecule has 0 unspecified atom stereocenters. The summed E-state index contributed by atoms with van der Waals surface area (Å²) in [6.07, 6.45) is 0. The van der Waals surface area contributed by atoms with Crippen LogP contribution in [0.3, 0.4) is 0 Å². The minimum atomic E-state index is -4.89. The fourth-order valence-electron chi connectivity index (χ4n) is 1.52. The number of benzene rings is 2. The van der Waals surface area contributed by atoms with Crippen molar-refractivity contribution >= 4 is 12.4 Å². The van der Waals surface area contributed by atoms with Gasteiger partial charge in [-0.3, -0.25) is 0 Å². The third-order valence-corrected chi connectivity index (χ3v) is 2.40. The molecule has 2 aromatic carbocycles. The third-order valence-electron chi connectivity index (χ3n) is 2.40. The standard InChI is InChI=1S/C12H9BF3/c14-13(15,16)12-8-6-11(7-9-12)10-4-2-1-3-5-10/h1-9H/q-1. The Balaban J connectivity index is 2.34. The molecule has 16 heavy (non-hydrogen) atoms. The summed E-state index contributed by atoms with van der Waals surface area (Å²) in [5, 5.41) is 0. The third kappa shape index (κ3) is 2.27. The second-order valence-electron chi connectivity index (χ2n) is 3.56. The highest BCUT2D eigenvalue weighted by Crippen LogP contribution is 2.18. The first-order valence-corrected chi connectivity index (χ1v) is 4.93. The normalized spacial score (nSPS) is 11.4. The zero-order valence-corrected chi connectivity index (χ0v) is 8.41. The SMILES string of the molecule is F[B-](F)(F)c1ccc(-c2ccccc2)cc1. The summed E-state index contributed by atoms with van der Waals surface area (Å²) in [5.74, 6) is 0. The fourth-order valence-corrected chi connectivity index (χ4v) is 1.52. The number of halogens is 3. The van der Waals surface area contributed by atoms with E-state index in [2.05, 4.69) is 0 Å². The quantitative estimate of drug-likeness (QED) is 0.681. The van der Waals surface area contributed by atoms with Crippen LogP contribution < -0.4 is 5.46 Å². The number of hydrogen-bond donors (Lipinski definition) is 0. The van der Waals surface area contributed by atoms with Gasteiger partial charge in [0.1, 0.15) is 0 Å². The Hall–Kier alpha value is -1.71. The lowest BCUT2D eigenvalue weighted by molar-refractivity contribution is 0.501. The van der Waals surface area contributed by atoms with Crippen molar-refractivity contribution in [1.82, 2.24) is 0 Å². The van der Waals surface area contributed by atoms with Gasteiger partial charge in [-0.05, 0) is 11.1 Å². The van der Waals surface area contributed by atoms with Crippen LogP contribution in [0.5, 0.6) is 0 Å². The molecular weight excluding hydrogens is 212 g/mol. The molecule has 82 valence electrons. The fraction of sp³-hybridized carbons (Fsp3) is 0. The van der Waals surface area contributed by atoms with E-state index in [-0.39, 0.29) is 0 Å². The molecule has 0 nitrogen and oxygen atoms in total. The lowest BCUT2D eigenvalue weighted by Gasteiger charge is -2.14. The second-order valence-corrected chi connectivity index (χ2v) is 3.56. The molecule has 2 rings (SSSR count). The zero-order chi connectivity index (χ0) is 11.6. The van der Waals surface area contributed by atoms with Gasteiger partial charge in [0.25, 0.3) is 0 Å². The van der Waals surface area contributed by atoms with E-state index in [4.69, 9.17) is 0 Å². The first kappa shape index (κ1) is 10.8. The van der Waals surface area contributed by atoms with E-state index >= 15 is 0 Å². The van der Waals surface area contributed by atoms with Gasteiger partial charge in [-0.15, -0.1) is 5.46 Å². The highest BCUT2D eigenvalue weighted by Gasteiger charge is 2.24. The van der Waals surface area contributed by atoms with Crippen molar-refractivity contribution < 1.29 is 12.9 Å². The molecule has 0 saturated heterocycles. The van der Waals surface area contributed by atoms with Crippen LogP contribution in [0.2, 0.25) is 0 Å². The Kier molecular flexibility index (Phi) is 2.73. The van der Waals surface area contributed by atoms with Crippen LogP contribution in [0.1, 0.15) is 0 Å². The summed E-state index contributed by atoms with van der Waals surface area (Å²) in [6, 6.07) is 14.6. The molecule has 0 heterocycles. The Morgan fingerprint density at radius 3 is 1.62 bits per heavy atom. The Morgan fingerprint density at radius 2 is 1.12 bits per heavy atom. The van der Waals surface area contributed by atoms with Crippen molar-refractivity contribution in [2.75, 3.05) is 0 Å². The molecule has 0 aromatic heterocycles. The summed E-state index contributed by atoms with van der Waals surface area (Å²) in [7, 11) is 0. The van der Waals surface area contributed by atoms with Gasteiger partial charge in [0.05, 0.1) is 0 Å². The maximum atomic E-state index is 12.4. The van der Waals surface area contributed by atoms with Gasteiger partial charge in [-0.2, -0.15) is 0 Å². The molecule has 0 fully saturated rings. The molecule has 0 aliphatic carbocycles. The van der Waals surface area contributed by atoms with Gasteiger partial charge < -0.3 is 12.9 Å². The molecule has 0 aliphatic heterocycles.